The summed E-state index contributed by atoms with van der Waals surface area (Å²) in [6.07, 6.45) is 4.49. The lowest BCUT2D eigenvalue weighted by molar-refractivity contribution is 0.371. The van der Waals surface area contributed by atoms with E-state index in [1.54, 1.807) is 0 Å². The van der Waals surface area contributed by atoms with Gasteiger partial charge in [-0.1, -0.05) is 27.2 Å². The van der Waals surface area contributed by atoms with Gasteiger partial charge in [0, 0.05) is 0 Å². The van der Waals surface area contributed by atoms with Crippen LogP contribution >= 0.6 is 0 Å². The molecular formula is C12H25N5. The summed E-state index contributed by atoms with van der Waals surface area (Å²) in [7, 11) is 0. The Morgan fingerprint density at radius 2 is 2.00 bits per heavy atom. The normalized spacial score (nSPS) is 14.8. The molecule has 1 aromatic heterocycles. The summed E-state index contributed by atoms with van der Waals surface area (Å²) in [5.41, 5.74) is 0. The van der Waals surface area contributed by atoms with Crippen LogP contribution in [0.2, 0.25) is 0 Å². The van der Waals surface area contributed by atoms with Crippen LogP contribution in [0.25, 0.3) is 0 Å². The summed E-state index contributed by atoms with van der Waals surface area (Å²) in [4.78, 5) is 0. The van der Waals surface area contributed by atoms with Gasteiger partial charge in [0.15, 0.2) is 5.82 Å². The van der Waals surface area contributed by atoms with E-state index in [0.29, 0.717) is 6.04 Å². The van der Waals surface area contributed by atoms with Crippen LogP contribution < -0.4 is 5.32 Å². The first-order valence-electron chi connectivity index (χ1n) is 6.75. The molecule has 0 amide bonds. The average molecular weight is 239 g/mol. The van der Waals surface area contributed by atoms with E-state index >= 15 is 0 Å². The number of nitrogens with zero attached hydrogens (tertiary/aromatic N) is 4. The minimum atomic E-state index is 0.218. The molecule has 5 heteroatoms. The van der Waals surface area contributed by atoms with Crippen LogP contribution in [-0.2, 0) is 0 Å². The lowest BCUT2D eigenvalue weighted by atomic mass is 10.1. The molecule has 0 aliphatic heterocycles. The van der Waals surface area contributed by atoms with Crippen molar-refractivity contribution in [3.8, 4) is 0 Å². The van der Waals surface area contributed by atoms with Crippen LogP contribution in [0.15, 0.2) is 0 Å². The molecule has 0 fully saturated rings. The fourth-order valence-corrected chi connectivity index (χ4v) is 2.03. The number of aromatic nitrogens is 4. The summed E-state index contributed by atoms with van der Waals surface area (Å²) in [5.74, 6) is 0.957. The molecule has 0 aliphatic carbocycles. The highest BCUT2D eigenvalue weighted by Gasteiger charge is 2.18. The molecule has 98 valence electrons. The SMILES string of the molecule is CCCNC(C)c1nnnn1C(CC)CCC. The molecule has 2 atom stereocenters. The zero-order valence-corrected chi connectivity index (χ0v) is 11.5. The van der Waals surface area contributed by atoms with Crippen LogP contribution in [0.5, 0.6) is 0 Å². The Hall–Kier alpha value is -0.970. The van der Waals surface area contributed by atoms with Crippen molar-refractivity contribution in [2.24, 2.45) is 0 Å². The molecule has 1 rings (SSSR count). The van der Waals surface area contributed by atoms with Crippen molar-refractivity contribution in [2.45, 2.75) is 65.5 Å². The highest BCUT2D eigenvalue weighted by atomic mass is 15.6. The first-order valence-corrected chi connectivity index (χ1v) is 6.75. The highest BCUT2D eigenvalue weighted by Crippen LogP contribution is 2.20. The molecule has 0 radical (unpaired) electrons. The Morgan fingerprint density at radius 1 is 1.24 bits per heavy atom. The summed E-state index contributed by atoms with van der Waals surface area (Å²) in [6, 6.07) is 0.645. The second-order valence-electron chi connectivity index (χ2n) is 4.51. The third-order valence-electron chi connectivity index (χ3n) is 3.05. The largest absolute Gasteiger partial charge is 0.307 e. The second kappa shape index (κ2) is 7.37. The molecule has 1 aromatic rings. The smallest absolute Gasteiger partial charge is 0.168 e. The molecule has 1 N–H and O–H groups in total. The van der Waals surface area contributed by atoms with Crippen LogP contribution in [0.4, 0.5) is 0 Å². The maximum absolute atomic E-state index is 4.16. The van der Waals surface area contributed by atoms with E-state index in [1.807, 2.05) is 4.68 Å². The fraction of sp³-hybridized carbons (Fsp3) is 0.917. The highest BCUT2D eigenvalue weighted by molar-refractivity contribution is 4.91. The molecule has 17 heavy (non-hydrogen) atoms. The first-order chi connectivity index (χ1) is 8.24. The van der Waals surface area contributed by atoms with Gasteiger partial charge in [0.05, 0.1) is 12.1 Å². The zero-order valence-electron chi connectivity index (χ0n) is 11.5. The van der Waals surface area contributed by atoms with Crippen molar-refractivity contribution in [1.29, 1.82) is 0 Å². The van der Waals surface area contributed by atoms with Gasteiger partial charge in [0.2, 0.25) is 0 Å². The molecule has 2 unspecified atom stereocenters. The zero-order chi connectivity index (χ0) is 12.7. The summed E-state index contributed by atoms with van der Waals surface area (Å²) >= 11 is 0. The van der Waals surface area contributed by atoms with E-state index < -0.39 is 0 Å². The average Bonchev–Trinajstić information content (AvgIpc) is 2.82. The van der Waals surface area contributed by atoms with Crippen molar-refractivity contribution in [3.05, 3.63) is 5.82 Å². The predicted octanol–water partition coefficient (Wildman–Crippen LogP) is 2.48. The molecule has 0 aliphatic rings. The molecular weight excluding hydrogens is 214 g/mol. The van der Waals surface area contributed by atoms with E-state index in [0.717, 1.165) is 38.1 Å². The summed E-state index contributed by atoms with van der Waals surface area (Å²) in [6.45, 7) is 9.67. The molecule has 0 bridgehead atoms. The van der Waals surface area contributed by atoms with Crippen LogP contribution in [0, 0.1) is 0 Å². The second-order valence-corrected chi connectivity index (χ2v) is 4.51. The van der Waals surface area contributed by atoms with E-state index in [-0.39, 0.29) is 6.04 Å². The van der Waals surface area contributed by atoms with Crippen molar-refractivity contribution in [1.82, 2.24) is 25.5 Å². The van der Waals surface area contributed by atoms with Gasteiger partial charge in [-0.25, -0.2) is 4.68 Å². The Balaban J connectivity index is 2.75. The number of rotatable bonds is 8. The van der Waals surface area contributed by atoms with E-state index in [4.69, 9.17) is 0 Å². The number of nitrogens with one attached hydrogen (secondary N) is 1. The van der Waals surface area contributed by atoms with Crippen molar-refractivity contribution >= 4 is 0 Å². The van der Waals surface area contributed by atoms with E-state index in [2.05, 4.69) is 48.5 Å². The Labute approximate surface area is 104 Å². The van der Waals surface area contributed by atoms with Gasteiger partial charge in [0.1, 0.15) is 0 Å². The molecule has 0 aromatic carbocycles. The molecule has 5 nitrogen and oxygen atoms in total. The lowest BCUT2D eigenvalue weighted by Gasteiger charge is -2.19. The number of hydrogen-bond donors (Lipinski definition) is 1. The first kappa shape index (κ1) is 14.1. The van der Waals surface area contributed by atoms with Gasteiger partial charge in [-0.3, -0.25) is 0 Å². The van der Waals surface area contributed by atoms with Crippen molar-refractivity contribution in [2.75, 3.05) is 6.54 Å². The predicted molar refractivity (Wildman–Crippen MR) is 68.8 cm³/mol. The Morgan fingerprint density at radius 3 is 2.59 bits per heavy atom. The van der Waals surface area contributed by atoms with Crippen LogP contribution in [0.3, 0.4) is 0 Å². The maximum atomic E-state index is 4.16. The fourth-order valence-electron chi connectivity index (χ4n) is 2.03. The summed E-state index contributed by atoms with van der Waals surface area (Å²) in [5, 5.41) is 15.6. The van der Waals surface area contributed by atoms with E-state index in [1.165, 1.54) is 0 Å². The van der Waals surface area contributed by atoms with E-state index in [9.17, 15) is 0 Å². The van der Waals surface area contributed by atoms with Gasteiger partial charge in [-0.2, -0.15) is 0 Å². The topological polar surface area (TPSA) is 55.6 Å². The molecule has 1 heterocycles. The molecule has 0 spiro atoms. The molecule has 0 saturated carbocycles. The Kier molecular flexibility index (Phi) is 6.11. The van der Waals surface area contributed by atoms with Crippen molar-refractivity contribution in [3.63, 3.8) is 0 Å². The van der Waals surface area contributed by atoms with Gasteiger partial charge >= 0.3 is 0 Å². The Bertz CT molecular complexity index is 310. The third-order valence-corrected chi connectivity index (χ3v) is 3.05. The van der Waals surface area contributed by atoms with Crippen LogP contribution in [0.1, 0.15) is 71.3 Å². The lowest BCUT2D eigenvalue weighted by Crippen LogP contribution is -2.24. The number of tetrazole rings is 1. The van der Waals surface area contributed by atoms with Gasteiger partial charge in [-0.05, 0) is 43.2 Å². The quantitative estimate of drug-likeness (QED) is 0.757. The van der Waals surface area contributed by atoms with Gasteiger partial charge < -0.3 is 5.32 Å². The van der Waals surface area contributed by atoms with Crippen molar-refractivity contribution < 1.29 is 0 Å². The minimum Gasteiger partial charge on any atom is -0.307 e. The van der Waals surface area contributed by atoms with Gasteiger partial charge in [-0.15, -0.1) is 5.10 Å². The summed E-state index contributed by atoms with van der Waals surface area (Å²) < 4.78 is 2.00. The molecule has 0 saturated heterocycles. The standard InChI is InChI=1S/C12H25N5/c1-5-8-11(7-3)17-12(14-15-16-17)10(4)13-9-6-2/h10-11,13H,5-9H2,1-4H3. The monoisotopic (exact) mass is 239 g/mol. The third kappa shape index (κ3) is 3.77. The van der Waals surface area contributed by atoms with Gasteiger partial charge in [0.25, 0.3) is 0 Å². The maximum Gasteiger partial charge on any atom is 0.168 e. The number of hydrogen-bond acceptors (Lipinski definition) is 4. The van der Waals surface area contributed by atoms with Crippen LogP contribution in [-0.4, -0.2) is 26.8 Å². The minimum absolute atomic E-state index is 0.218.